The Bertz CT molecular complexity index is 107. The summed E-state index contributed by atoms with van der Waals surface area (Å²) in [6, 6.07) is 0. The van der Waals surface area contributed by atoms with E-state index in [0.29, 0.717) is 6.41 Å². The Morgan fingerprint density at radius 1 is 1.50 bits per heavy atom. The molecule has 0 bridgehead atoms. The van der Waals surface area contributed by atoms with E-state index < -0.39 is 0 Å². The van der Waals surface area contributed by atoms with Crippen molar-refractivity contribution < 1.29 is 9.53 Å². The normalized spacial score (nSPS) is 14.4. The lowest BCUT2D eigenvalue weighted by Gasteiger charge is -2.24. The van der Waals surface area contributed by atoms with E-state index in [2.05, 4.69) is 5.32 Å². The molecule has 0 rings (SSSR count). The average Bonchev–Trinajstić information content (AvgIpc) is 1.59. The highest BCUT2D eigenvalue weighted by Crippen LogP contribution is 2.08. The fourth-order valence-electron chi connectivity index (χ4n) is 0.660. The number of rotatable bonds is 3. The third kappa shape index (κ3) is 5.56. The van der Waals surface area contributed by atoms with Gasteiger partial charge in [-0.3, -0.25) is 4.79 Å². The first-order valence-corrected chi connectivity index (χ1v) is 3.33. The van der Waals surface area contributed by atoms with Crippen molar-refractivity contribution in [3.63, 3.8) is 0 Å². The maximum atomic E-state index is 9.91. The molecule has 0 aliphatic rings. The van der Waals surface area contributed by atoms with Crippen LogP contribution in [0, 0.1) is 0 Å². The van der Waals surface area contributed by atoms with Crippen LogP contribution in [0.25, 0.3) is 0 Å². The van der Waals surface area contributed by atoms with Crippen LogP contribution in [0.2, 0.25) is 0 Å². The third-order valence-corrected chi connectivity index (χ3v) is 0.833. The van der Waals surface area contributed by atoms with Crippen LogP contribution in [-0.4, -0.2) is 18.2 Å². The van der Waals surface area contributed by atoms with Crippen molar-refractivity contribution in [2.75, 3.05) is 0 Å². The topological polar surface area (TPSA) is 38.3 Å². The second kappa shape index (κ2) is 3.56. The summed E-state index contributed by atoms with van der Waals surface area (Å²) in [5, 5.41) is 2.50. The number of carbonyl (C=O) groups is 1. The van der Waals surface area contributed by atoms with Gasteiger partial charge in [-0.15, -0.1) is 0 Å². The molecule has 0 aromatic rings. The Hall–Kier alpha value is -0.570. The monoisotopic (exact) mass is 145 g/mol. The Balaban J connectivity index is 3.56. The average molecular weight is 145 g/mol. The van der Waals surface area contributed by atoms with Crippen LogP contribution in [-0.2, 0) is 9.53 Å². The molecule has 0 radical (unpaired) electrons. The van der Waals surface area contributed by atoms with E-state index in [4.69, 9.17) is 4.74 Å². The molecule has 0 fully saturated rings. The molecule has 0 spiro atoms. The summed E-state index contributed by atoms with van der Waals surface area (Å²) < 4.78 is 5.34. The molecule has 10 heavy (non-hydrogen) atoms. The molecular weight excluding hydrogens is 130 g/mol. The van der Waals surface area contributed by atoms with Gasteiger partial charge in [-0.1, -0.05) is 0 Å². The highest BCUT2D eigenvalue weighted by molar-refractivity contribution is 5.46. The maximum Gasteiger partial charge on any atom is 0.209 e. The smallest absolute Gasteiger partial charge is 0.209 e. The van der Waals surface area contributed by atoms with Crippen molar-refractivity contribution in [3.8, 4) is 0 Å². The molecule has 0 aliphatic carbocycles. The molecule has 1 N–H and O–H groups in total. The molecule has 0 saturated heterocycles. The Morgan fingerprint density at radius 2 is 2.00 bits per heavy atom. The van der Waals surface area contributed by atoms with E-state index >= 15 is 0 Å². The van der Waals surface area contributed by atoms with E-state index in [-0.39, 0.29) is 11.8 Å². The Labute approximate surface area is 61.8 Å². The number of hydrogen-bond acceptors (Lipinski definition) is 2. The van der Waals surface area contributed by atoms with Crippen LogP contribution in [0.5, 0.6) is 0 Å². The van der Waals surface area contributed by atoms with E-state index in [1.165, 1.54) is 0 Å². The van der Waals surface area contributed by atoms with Gasteiger partial charge in [0.1, 0.15) is 6.23 Å². The zero-order chi connectivity index (χ0) is 8.20. The van der Waals surface area contributed by atoms with Crippen LogP contribution in [0.1, 0.15) is 27.7 Å². The number of hydrogen-bond donors (Lipinski definition) is 1. The van der Waals surface area contributed by atoms with Crippen LogP contribution in [0.4, 0.5) is 0 Å². The third-order valence-electron chi connectivity index (χ3n) is 0.833. The Morgan fingerprint density at radius 3 is 2.30 bits per heavy atom. The zero-order valence-electron chi connectivity index (χ0n) is 6.97. The summed E-state index contributed by atoms with van der Waals surface area (Å²) in [6.45, 7) is 7.61. The molecule has 1 amide bonds. The van der Waals surface area contributed by atoms with Crippen molar-refractivity contribution in [2.24, 2.45) is 0 Å². The molecule has 3 heteroatoms. The molecule has 1 atom stereocenters. The van der Waals surface area contributed by atoms with E-state index in [1.807, 2.05) is 20.8 Å². The van der Waals surface area contributed by atoms with Gasteiger partial charge in [0.05, 0.1) is 5.60 Å². The molecular formula is C7H15NO2. The second-order valence-electron chi connectivity index (χ2n) is 3.16. The highest BCUT2D eigenvalue weighted by Gasteiger charge is 2.13. The zero-order valence-corrected chi connectivity index (χ0v) is 6.97. The minimum absolute atomic E-state index is 0.199. The fraction of sp³-hybridized carbons (Fsp3) is 0.857. The lowest BCUT2D eigenvalue weighted by molar-refractivity contribution is -0.118. The first-order chi connectivity index (χ1) is 4.45. The van der Waals surface area contributed by atoms with Gasteiger partial charge in [-0.05, 0) is 27.7 Å². The molecule has 3 nitrogen and oxygen atoms in total. The van der Waals surface area contributed by atoms with E-state index in [1.54, 1.807) is 6.92 Å². The van der Waals surface area contributed by atoms with Gasteiger partial charge in [0.15, 0.2) is 0 Å². The summed E-state index contributed by atoms with van der Waals surface area (Å²) in [7, 11) is 0. The van der Waals surface area contributed by atoms with Gasteiger partial charge >= 0.3 is 0 Å². The largest absolute Gasteiger partial charge is 0.353 e. The van der Waals surface area contributed by atoms with Gasteiger partial charge in [0.25, 0.3) is 0 Å². The predicted molar refractivity (Wildman–Crippen MR) is 39.5 cm³/mol. The molecule has 0 aromatic heterocycles. The first-order valence-electron chi connectivity index (χ1n) is 3.33. The molecule has 1 unspecified atom stereocenters. The molecule has 0 aromatic carbocycles. The minimum Gasteiger partial charge on any atom is -0.353 e. The summed E-state index contributed by atoms with van der Waals surface area (Å²) in [5.74, 6) is 0. The fourth-order valence-corrected chi connectivity index (χ4v) is 0.660. The summed E-state index contributed by atoms with van der Waals surface area (Å²) >= 11 is 0. The van der Waals surface area contributed by atoms with E-state index in [9.17, 15) is 4.79 Å². The summed E-state index contributed by atoms with van der Waals surface area (Å²) in [4.78, 5) is 9.91. The van der Waals surface area contributed by atoms with Crippen LogP contribution < -0.4 is 5.32 Å². The van der Waals surface area contributed by atoms with Gasteiger partial charge in [0, 0.05) is 0 Å². The number of amides is 1. The molecule has 60 valence electrons. The molecule has 0 heterocycles. The van der Waals surface area contributed by atoms with Gasteiger partial charge < -0.3 is 10.1 Å². The Kier molecular flexibility index (Phi) is 3.36. The van der Waals surface area contributed by atoms with Crippen molar-refractivity contribution >= 4 is 6.41 Å². The number of nitrogens with one attached hydrogen (secondary N) is 1. The predicted octanol–water partition coefficient (Wildman–Crippen LogP) is 0.893. The number of carbonyl (C=O) groups excluding carboxylic acids is 1. The maximum absolute atomic E-state index is 9.91. The molecule has 0 saturated carbocycles. The lowest BCUT2D eigenvalue weighted by Crippen LogP contribution is -2.35. The van der Waals surface area contributed by atoms with Crippen molar-refractivity contribution in [1.82, 2.24) is 5.32 Å². The van der Waals surface area contributed by atoms with Crippen LogP contribution in [0.3, 0.4) is 0 Å². The molecule has 0 aliphatic heterocycles. The summed E-state index contributed by atoms with van der Waals surface area (Å²) in [5.41, 5.74) is -0.199. The van der Waals surface area contributed by atoms with Gasteiger partial charge in [0.2, 0.25) is 6.41 Å². The van der Waals surface area contributed by atoms with E-state index in [0.717, 1.165) is 0 Å². The highest BCUT2D eigenvalue weighted by atomic mass is 16.5. The van der Waals surface area contributed by atoms with Crippen LogP contribution >= 0.6 is 0 Å². The second-order valence-corrected chi connectivity index (χ2v) is 3.16. The quantitative estimate of drug-likeness (QED) is 0.473. The summed E-state index contributed by atoms with van der Waals surface area (Å²) in [6.07, 6.45) is 0.425. The van der Waals surface area contributed by atoms with Gasteiger partial charge in [-0.25, -0.2) is 0 Å². The van der Waals surface area contributed by atoms with Crippen molar-refractivity contribution in [3.05, 3.63) is 0 Å². The van der Waals surface area contributed by atoms with Gasteiger partial charge in [-0.2, -0.15) is 0 Å². The van der Waals surface area contributed by atoms with Crippen LogP contribution in [0.15, 0.2) is 0 Å². The van der Waals surface area contributed by atoms with Crippen molar-refractivity contribution in [2.45, 2.75) is 39.5 Å². The SMILES string of the molecule is CC(NC=O)OC(C)(C)C. The first kappa shape index (κ1) is 9.43. The van der Waals surface area contributed by atoms with Crippen molar-refractivity contribution in [1.29, 1.82) is 0 Å². The standard InChI is InChI=1S/C7H15NO2/c1-6(8-5-9)10-7(2,3)4/h5-6H,1-4H3,(H,8,9). The number of ether oxygens (including phenoxy) is 1. The lowest BCUT2D eigenvalue weighted by atomic mass is 10.2. The minimum atomic E-state index is -0.211.